The number of alkyl halides is 1. The first-order valence-corrected chi connectivity index (χ1v) is 16.3. The lowest BCUT2D eigenvalue weighted by Crippen LogP contribution is -2.31. The molecule has 0 spiro atoms. The summed E-state index contributed by atoms with van der Waals surface area (Å²) in [6.07, 6.45) is 3.04. The highest BCUT2D eigenvalue weighted by molar-refractivity contribution is 7.21. The molecule has 0 saturated carbocycles. The van der Waals surface area contributed by atoms with Crippen molar-refractivity contribution in [3.8, 4) is 22.1 Å². The van der Waals surface area contributed by atoms with Crippen LogP contribution in [0.25, 0.3) is 20.8 Å². The van der Waals surface area contributed by atoms with Gasteiger partial charge >= 0.3 is 0 Å². The number of unbranched alkanes of at least 4 members (excludes halogenated alkanes) is 1. The molecule has 6 rings (SSSR count). The molecule has 1 aliphatic rings. The summed E-state index contributed by atoms with van der Waals surface area (Å²) in [5.41, 5.74) is 8.13. The molecule has 0 saturated heterocycles. The van der Waals surface area contributed by atoms with E-state index in [1.807, 2.05) is 35.6 Å². The van der Waals surface area contributed by atoms with Crippen LogP contribution in [-0.4, -0.2) is 32.2 Å². The number of carbonyl (C=O) groups excluding carboxylic acids is 1. The molecule has 8 heteroatoms. The van der Waals surface area contributed by atoms with Gasteiger partial charge in [0.2, 0.25) is 18.2 Å². The van der Waals surface area contributed by atoms with Crippen molar-refractivity contribution < 1.29 is 18.8 Å². The van der Waals surface area contributed by atoms with E-state index in [2.05, 4.69) is 91.1 Å². The molecular weight excluding hydrogens is 590 g/mol. The zero-order valence-corrected chi connectivity index (χ0v) is 27.0. The molecule has 2 heterocycles. The van der Waals surface area contributed by atoms with E-state index in [4.69, 9.17) is 21.1 Å². The highest BCUT2D eigenvalue weighted by Crippen LogP contribution is 2.36. The Morgan fingerprint density at radius 3 is 2.45 bits per heavy atom. The molecule has 0 fully saturated rings. The number of fused-ring (bicyclic) bond motifs is 2. The van der Waals surface area contributed by atoms with Crippen molar-refractivity contribution in [1.29, 1.82) is 0 Å². The van der Waals surface area contributed by atoms with Gasteiger partial charge in [0.1, 0.15) is 17.6 Å². The second kappa shape index (κ2) is 13.3. The Labute approximate surface area is 268 Å². The summed E-state index contributed by atoms with van der Waals surface area (Å²) >= 11 is 7.86. The van der Waals surface area contributed by atoms with Crippen molar-refractivity contribution in [2.75, 3.05) is 36.1 Å². The fourth-order valence-electron chi connectivity index (χ4n) is 5.74. The Hall–Kier alpha value is -4.07. The van der Waals surface area contributed by atoms with Crippen LogP contribution in [0.1, 0.15) is 29.5 Å². The van der Waals surface area contributed by atoms with Crippen LogP contribution < -0.4 is 23.8 Å². The van der Waals surface area contributed by atoms with E-state index in [0.29, 0.717) is 18.0 Å². The zero-order valence-electron chi connectivity index (χ0n) is 25.4. The van der Waals surface area contributed by atoms with Crippen molar-refractivity contribution in [2.24, 2.45) is 7.05 Å². The quantitative estimate of drug-likeness (QED) is 0.0858. The summed E-state index contributed by atoms with van der Waals surface area (Å²) in [6.45, 7) is 3.75. The Kier molecular flexibility index (Phi) is 9.05. The highest BCUT2D eigenvalue weighted by atomic mass is 35.5. The van der Waals surface area contributed by atoms with Crippen molar-refractivity contribution in [3.05, 3.63) is 102 Å². The van der Waals surface area contributed by atoms with Crippen LogP contribution in [0, 0.1) is 6.92 Å². The number of rotatable bonds is 11. The first-order chi connectivity index (χ1) is 21.4. The van der Waals surface area contributed by atoms with Gasteiger partial charge in [-0.15, -0.1) is 11.6 Å². The fourth-order valence-corrected chi connectivity index (χ4v) is 7.14. The van der Waals surface area contributed by atoms with Crippen LogP contribution in [0.4, 0.5) is 11.4 Å². The van der Waals surface area contributed by atoms with Gasteiger partial charge in [-0.2, -0.15) is 4.57 Å². The Bertz CT molecular complexity index is 1790. The summed E-state index contributed by atoms with van der Waals surface area (Å²) < 4.78 is 14.6. The monoisotopic (exact) mass is 626 g/mol. The van der Waals surface area contributed by atoms with E-state index in [0.717, 1.165) is 37.1 Å². The number of hydrogen-bond donors (Lipinski definition) is 0. The molecule has 0 bridgehead atoms. The van der Waals surface area contributed by atoms with Gasteiger partial charge in [-0.05, 0) is 85.3 Å². The van der Waals surface area contributed by atoms with Crippen LogP contribution in [0.3, 0.4) is 0 Å². The van der Waals surface area contributed by atoms with E-state index < -0.39 is 0 Å². The predicted octanol–water partition coefficient (Wildman–Crippen LogP) is 7.66. The lowest BCUT2D eigenvalue weighted by Gasteiger charge is -2.24. The first-order valence-electron chi connectivity index (χ1n) is 14.9. The lowest BCUT2D eigenvalue weighted by molar-refractivity contribution is -0.629. The summed E-state index contributed by atoms with van der Waals surface area (Å²) in [6, 6.07) is 29.5. The molecule has 4 aromatic carbocycles. The predicted molar refractivity (Wildman–Crippen MR) is 180 cm³/mol. The van der Waals surface area contributed by atoms with Gasteiger partial charge in [0.15, 0.2) is 11.5 Å². The molecule has 44 heavy (non-hydrogen) atoms. The number of halogens is 1. The number of carbonyl (C=O) groups is 1. The van der Waals surface area contributed by atoms with Gasteiger partial charge in [0, 0.05) is 37.1 Å². The lowest BCUT2D eigenvalue weighted by atomic mass is 10.0. The van der Waals surface area contributed by atoms with Crippen LogP contribution >= 0.6 is 22.9 Å². The summed E-state index contributed by atoms with van der Waals surface area (Å²) in [5.74, 6) is 1.09. The number of hydrogen-bond acceptors (Lipinski definition) is 5. The summed E-state index contributed by atoms with van der Waals surface area (Å²) in [4.78, 5) is 16.9. The molecule has 0 aliphatic carbocycles. The number of anilines is 2. The minimum Gasteiger partial charge on any atom is -0.454 e. The Morgan fingerprint density at radius 1 is 0.909 bits per heavy atom. The third-order valence-electron chi connectivity index (χ3n) is 8.26. The molecule has 5 aromatic rings. The second-order valence-corrected chi connectivity index (χ2v) is 12.6. The van der Waals surface area contributed by atoms with E-state index in [1.165, 1.54) is 37.6 Å². The minimum absolute atomic E-state index is 0.0911. The largest absolute Gasteiger partial charge is 0.454 e. The fraction of sp³-hybridized carbons (Fsp3) is 0.278. The SMILES string of the molecule is Cc1ccc2c(c1)sc(-c1ccc(N(C)CCCCc3ccccc3CN(C(=O)CCl)c3ccc4c(c3)OCO4)cc1)[n+]2C. The molecule has 1 aliphatic heterocycles. The number of thiazole rings is 1. The third-order valence-corrected chi connectivity index (χ3v) is 9.74. The molecule has 0 radical (unpaired) electrons. The number of aromatic nitrogens is 1. The van der Waals surface area contributed by atoms with Crippen molar-refractivity contribution in [3.63, 3.8) is 0 Å². The average Bonchev–Trinajstić information content (AvgIpc) is 3.65. The molecule has 1 aromatic heterocycles. The molecule has 1 amide bonds. The molecule has 226 valence electrons. The summed E-state index contributed by atoms with van der Waals surface area (Å²) in [7, 11) is 4.30. The number of amides is 1. The van der Waals surface area contributed by atoms with E-state index >= 15 is 0 Å². The number of aryl methyl sites for hydroxylation is 3. The maximum absolute atomic E-state index is 12.9. The molecule has 0 atom stereocenters. The van der Waals surface area contributed by atoms with Gasteiger partial charge < -0.3 is 19.3 Å². The topological polar surface area (TPSA) is 45.9 Å². The van der Waals surface area contributed by atoms with Gasteiger partial charge in [-0.1, -0.05) is 41.7 Å². The van der Waals surface area contributed by atoms with Crippen molar-refractivity contribution in [2.45, 2.75) is 32.7 Å². The van der Waals surface area contributed by atoms with Crippen molar-refractivity contribution >= 4 is 50.4 Å². The number of ether oxygens (including phenoxy) is 2. The number of benzene rings is 4. The maximum Gasteiger partial charge on any atom is 0.269 e. The zero-order chi connectivity index (χ0) is 30.6. The molecule has 0 N–H and O–H groups in total. The molecular formula is C36H37ClN3O3S+. The van der Waals surface area contributed by atoms with Crippen LogP contribution in [-0.2, 0) is 24.8 Å². The smallest absolute Gasteiger partial charge is 0.269 e. The average molecular weight is 627 g/mol. The number of nitrogens with zero attached hydrogens (tertiary/aromatic N) is 3. The normalized spacial score (nSPS) is 12.1. The molecule has 0 unspecified atom stereocenters. The highest BCUT2D eigenvalue weighted by Gasteiger charge is 2.22. The van der Waals surface area contributed by atoms with Gasteiger partial charge in [0.05, 0.1) is 12.1 Å². The molecule has 6 nitrogen and oxygen atoms in total. The van der Waals surface area contributed by atoms with E-state index in [1.54, 1.807) is 4.90 Å². The van der Waals surface area contributed by atoms with Gasteiger partial charge in [-0.25, -0.2) is 0 Å². The van der Waals surface area contributed by atoms with Crippen LogP contribution in [0.15, 0.2) is 84.9 Å². The van der Waals surface area contributed by atoms with Crippen molar-refractivity contribution in [1.82, 2.24) is 0 Å². The first kappa shape index (κ1) is 30.0. The van der Waals surface area contributed by atoms with E-state index in [-0.39, 0.29) is 18.6 Å². The standard InChI is InChI=1S/C36H37ClN3O3S/c1-25-11-17-31-34(20-25)44-36(39(31)3)27-12-14-29(15-13-27)38(2)19-7-6-9-26-8-4-5-10-28(26)23-40(35(41)22-37)30-16-18-32-33(21-30)43-24-42-32/h4-5,8,10-18,20-21H,6-7,9,19,22-24H2,1-3H3/q+1. The van der Waals surface area contributed by atoms with Crippen LogP contribution in [0.5, 0.6) is 11.5 Å². The Balaban J connectivity index is 1.06. The Morgan fingerprint density at radius 2 is 1.66 bits per heavy atom. The van der Waals surface area contributed by atoms with Gasteiger partial charge in [0.25, 0.3) is 5.01 Å². The maximum atomic E-state index is 12.9. The van der Waals surface area contributed by atoms with E-state index in [9.17, 15) is 4.79 Å². The summed E-state index contributed by atoms with van der Waals surface area (Å²) in [5, 5.41) is 1.27. The van der Waals surface area contributed by atoms with Gasteiger partial charge in [-0.3, -0.25) is 4.79 Å². The third kappa shape index (κ3) is 6.40. The second-order valence-electron chi connectivity index (χ2n) is 11.3. The van der Waals surface area contributed by atoms with Crippen LogP contribution in [0.2, 0.25) is 0 Å². The minimum atomic E-state index is -0.149.